The zero-order valence-corrected chi connectivity index (χ0v) is 12.8. The summed E-state index contributed by atoms with van der Waals surface area (Å²) >= 11 is 0. The Morgan fingerprint density at radius 1 is 1.00 bits per heavy atom. The zero-order chi connectivity index (χ0) is 14.1. The number of hydrogen-bond donors (Lipinski definition) is 2. The summed E-state index contributed by atoms with van der Waals surface area (Å²) in [6, 6.07) is 2.59. The van der Waals surface area contributed by atoms with Gasteiger partial charge in [0.2, 0.25) is 0 Å². The summed E-state index contributed by atoms with van der Waals surface area (Å²) in [5.41, 5.74) is 0. The lowest BCUT2D eigenvalue weighted by Gasteiger charge is -2.32. The van der Waals surface area contributed by atoms with Crippen molar-refractivity contribution in [1.82, 2.24) is 9.97 Å². The van der Waals surface area contributed by atoms with E-state index in [2.05, 4.69) is 29.5 Å². The molecule has 1 heterocycles. The third kappa shape index (κ3) is 3.22. The summed E-state index contributed by atoms with van der Waals surface area (Å²) in [6.45, 7) is 4.72. The van der Waals surface area contributed by atoms with Crippen LogP contribution in [0.15, 0.2) is 6.07 Å². The highest BCUT2D eigenvalue weighted by Gasteiger charge is 2.28. The van der Waals surface area contributed by atoms with E-state index in [4.69, 9.17) is 4.98 Å². The molecule has 0 aliphatic heterocycles. The van der Waals surface area contributed by atoms with Crippen molar-refractivity contribution in [3.05, 3.63) is 11.9 Å². The van der Waals surface area contributed by atoms with Crippen molar-refractivity contribution < 1.29 is 0 Å². The minimum Gasteiger partial charge on any atom is -0.373 e. The summed E-state index contributed by atoms with van der Waals surface area (Å²) in [7, 11) is 1.92. The third-order valence-electron chi connectivity index (χ3n) is 4.47. The lowest BCUT2D eigenvalue weighted by Crippen LogP contribution is -2.30. The van der Waals surface area contributed by atoms with Crippen molar-refractivity contribution in [1.29, 1.82) is 0 Å². The molecule has 0 radical (unpaired) electrons. The fourth-order valence-corrected chi connectivity index (χ4v) is 3.47. The van der Waals surface area contributed by atoms with Gasteiger partial charge in [-0.25, -0.2) is 9.97 Å². The second-order valence-corrected chi connectivity index (χ2v) is 6.78. The zero-order valence-electron chi connectivity index (χ0n) is 12.8. The fraction of sp³-hybridized carbons (Fsp3) is 0.750. The molecule has 0 spiro atoms. The first-order valence-corrected chi connectivity index (χ1v) is 7.97. The van der Waals surface area contributed by atoms with E-state index in [1.54, 1.807) is 0 Å². The first-order valence-electron chi connectivity index (χ1n) is 7.97. The smallest absolute Gasteiger partial charge is 0.136 e. The molecule has 4 nitrogen and oxygen atoms in total. The predicted octanol–water partition coefficient (Wildman–Crippen LogP) is 3.63. The van der Waals surface area contributed by atoms with Gasteiger partial charge in [-0.3, -0.25) is 0 Å². The Morgan fingerprint density at radius 2 is 1.65 bits per heavy atom. The minimum atomic E-state index is 0.556. The molecule has 3 rings (SSSR count). The van der Waals surface area contributed by atoms with Crippen LogP contribution in [0, 0.1) is 11.8 Å². The van der Waals surface area contributed by atoms with Crippen LogP contribution in [-0.2, 0) is 0 Å². The second kappa shape index (κ2) is 5.58. The number of rotatable bonds is 4. The van der Waals surface area contributed by atoms with Crippen LogP contribution in [-0.4, -0.2) is 23.1 Å². The molecular weight excluding hydrogens is 248 g/mol. The summed E-state index contributed by atoms with van der Waals surface area (Å²) in [5.74, 6) is 5.15. The van der Waals surface area contributed by atoms with Gasteiger partial charge < -0.3 is 10.6 Å². The van der Waals surface area contributed by atoms with Crippen molar-refractivity contribution in [3.8, 4) is 0 Å². The van der Waals surface area contributed by atoms with Crippen LogP contribution in [0.25, 0.3) is 0 Å². The van der Waals surface area contributed by atoms with E-state index in [0.29, 0.717) is 12.0 Å². The van der Waals surface area contributed by atoms with E-state index in [1.165, 1.54) is 32.1 Å². The van der Waals surface area contributed by atoms with E-state index in [0.717, 1.165) is 29.3 Å². The van der Waals surface area contributed by atoms with Gasteiger partial charge in [0, 0.05) is 25.1 Å². The molecule has 2 N–H and O–H groups in total. The van der Waals surface area contributed by atoms with Crippen molar-refractivity contribution >= 4 is 11.6 Å². The molecule has 2 unspecified atom stereocenters. The largest absolute Gasteiger partial charge is 0.373 e. The SMILES string of the molecule is CNc1cc(NC2CC(C)CC(C)C2)nc(C2CC2)n1. The van der Waals surface area contributed by atoms with Gasteiger partial charge in [-0.2, -0.15) is 0 Å². The monoisotopic (exact) mass is 274 g/mol. The van der Waals surface area contributed by atoms with Gasteiger partial charge in [-0.1, -0.05) is 13.8 Å². The maximum absolute atomic E-state index is 4.73. The average Bonchev–Trinajstić information content (AvgIpc) is 3.21. The van der Waals surface area contributed by atoms with Crippen molar-refractivity contribution in [3.63, 3.8) is 0 Å². The Hall–Kier alpha value is -1.32. The third-order valence-corrected chi connectivity index (χ3v) is 4.47. The highest BCUT2D eigenvalue weighted by atomic mass is 15.1. The fourth-order valence-electron chi connectivity index (χ4n) is 3.47. The van der Waals surface area contributed by atoms with Gasteiger partial charge in [0.1, 0.15) is 17.5 Å². The Morgan fingerprint density at radius 3 is 2.25 bits per heavy atom. The number of anilines is 2. The van der Waals surface area contributed by atoms with E-state index < -0.39 is 0 Å². The minimum absolute atomic E-state index is 0.556. The van der Waals surface area contributed by atoms with Crippen LogP contribution in [0.2, 0.25) is 0 Å². The van der Waals surface area contributed by atoms with Crippen LogP contribution in [0.3, 0.4) is 0 Å². The molecule has 20 heavy (non-hydrogen) atoms. The van der Waals surface area contributed by atoms with Gasteiger partial charge in [0.25, 0.3) is 0 Å². The van der Waals surface area contributed by atoms with Crippen LogP contribution in [0.4, 0.5) is 11.6 Å². The summed E-state index contributed by atoms with van der Waals surface area (Å²) < 4.78 is 0. The van der Waals surface area contributed by atoms with Crippen LogP contribution in [0.1, 0.15) is 57.7 Å². The van der Waals surface area contributed by atoms with Crippen molar-refractivity contribution in [2.75, 3.05) is 17.7 Å². The second-order valence-electron chi connectivity index (χ2n) is 6.78. The molecule has 0 aromatic carbocycles. The van der Waals surface area contributed by atoms with E-state index in [1.807, 2.05) is 13.1 Å². The van der Waals surface area contributed by atoms with Crippen molar-refractivity contribution in [2.45, 2.75) is 57.9 Å². The van der Waals surface area contributed by atoms with Gasteiger partial charge in [0.05, 0.1) is 0 Å². The first-order chi connectivity index (χ1) is 9.64. The summed E-state index contributed by atoms with van der Waals surface area (Å²) in [4.78, 5) is 9.30. The molecule has 110 valence electrons. The molecule has 0 amide bonds. The van der Waals surface area contributed by atoms with Gasteiger partial charge >= 0.3 is 0 Å². The number of nitrogens with one attached hydrogen (secondary N) is 2. The Labute approximate surface area is 121 Å². The summed E-state index contributed by atoms with van der Waals surface area (Å²) in [5, 5.41) is 6.80. The molecular formula is C16H26N4. The molecule has 2 saturated carbocycles. The normalized spacial score (nSPS) is 30.1. The average molecular weight is 274 g/mol. The lowest BCUT2D eigenvalue weighted by atomic mass is 9.80. The van der Waals surface area contributed by atoms with Crippen LogP contribution < -0.4 is 10.6 Å². The predicted molar refractivity (Wildman–Crippen MR) is 83.1 cm³/mol. The maximum atomic E-state index is 4.73. The molecule has 2 atom stereocenters. The number of aromatic nitrogens is 2. The van der Waals surface area contributed by atoms with Crippen LogP contribution >= 0.6 is 0 Å². The number of nitrogens with zero attached hydrogens (tertiary/aromatic N) is 2. The first kappa shape index (κ1) is 13.7. The maximum Gasteiger partial charge on any atom is 0.136 e. The van der Waals surface area contributed by atoms with Gasteiger partial charge in [-0.05, 0) is 43.9 Å². The Kier molecular flexibility index (Phi) is 3.81. The molecule has 4 heteroatoms. The van der Waals surface area contributed by atoms with Gasteiger partial charge in [-0.15, -0.1) is 0 Å². The molecule has 0 saturated heterocycles. The highest BCUT2D eigenvalue weighted by Crippen LogP contribution is 2.39. The van der Waals surface area contributed by atoms with E-state index in [-0.39, 0.29) is 0 Å². The van der Waals surface area contributed by atoms with Crippen molar-refractivity contribution in [2.24, 2.45) is 11.8 Å². The molecule has 0 bridgehead atoms. The standard InChI is InChI=1S/C16H26N4/c1-10-6-11(2)8-13(7-10)18-15-9-14(17-3)19-16(20-15)12-4-5-12/h9-13H,4-8H2,1-3H3,(H2,17,18,19,20). The molecule has 1 aromatic heterocycles. The lowest BCUT2D eigenvalue weighted by molar-refractivity contribution is 0.280. The molecule has 1 aromatic rings. The molecule has 2 aliphatic carbocycles. The van der Waals surface area contributed by atoms with Gasteiger partial charge in [0.15, 0.2) is 0 Å². The molecule has 2 aliphatic rings. The quantitative estimate of drug-likeness (QED) is 0.880. The molecule has 2 fully saturated rings. The number of hydrogen-bond acceptors (Lipinski definition) is 4. The van der Waals surface area contributed by atoms with Crippen LogP contribution in [0.5, 0.6) is 0 Å². The van der Waals surface area contributed by atoms with E-state index in [9.17, 15) is 0 Å². The van der Waals surface area contributed by atoms with E-state index >= 15 is 0 Å². The Bertz CT molecular complexity index is 460. The topological polar surface area (TPSA) is 49.8 Å². The highest BCUT2D eigenvalue weighted by molar-refractivity contribution is 5.48. The Balaban J connectivity index is 1.74. The summed E-state index contributed by atoms with van der Waals surface area (Å²) in [6.07, 6.45) is 6.34.